The molecule has 3 rings (SSSR count). The van der Waals surface area contributed by atoms with Crippen LogP contribution >= 0.6 is 0 Å². The predicted molar refractivity (Wildman–Crippen MR) is 95.3 cm³/mol. The normalized spacial score (nSPS) is 26.6. The van der Waals surface area contributed by atoms with Crippen molar-refractivity contribution in [1.29, 1.82) is 0 Å². The molecule has 0 saturated carbocycles. The van der Waals surface area contributed by atoms with Crippen molar-refractivity contribution in [3.63, 3.8) is 0 Å². The van der Waals surface area contributed by atoms with Crippen LogP contribution in [0.25, 0.3) is 0 Å². The van der Waals surface area contributed by atoms with Crippen molar-refractivity contribution in [2.45, 2.75) is 24.1 Å². The number of aliphatic hydroxyl groups excluding tert-OH is 2. The quantitative estimate of drug-likeness (QED) is 0.612. The minimum Gasteiger partial charge on any atom is -0.459 e. The first-order valence-electron chi connectivity index (χ1n) is 8.61. The summed E-state index contributed by atoms with van der Waals surface area (Å²) in [7, 11) is 0. The smallest absolute Gasteiger partial charge is 0.338 e. The molecule has 148 valence electrons. The molecule has 0 bridgehead atoms. The van der Waals surface area contributed by atoms with Crippen LogP contribution in [0.15, 0.2) is 60.7 Å². The van der Waals surface area contributed by atoms with Gasteiger partial charge in [-0.05, 0) is 24.3 Å². The van der Waals surface area contributed by atoms with Crippen molar-refractivity contribution in [2.75, 3.05) is 13.2 Å². The summed E-state index contributed by atoms with van der Waals surface area (Å²) in [6, 6.07) is 16.3. The first-order chi connectivity index (χ1) is 13.4. The first-order valence-corrected chi connectivity index (χ1v) is 8.61. The maximum Gasteiger partial charge on any atom is 0.338 e. The first kappa shape index (κ1) is 20.0. The average Bonchev–Trinajstić information content (AvgIpc) is 2.95. The van der Waals surface area contributed by atoms with Crippen LogP contribution in [-0.4, -0.2) is 64.6 Å². The highest BCUT2D eigenvalue weighted by Gasteiger charge is 2.54. The van der Waals surface area contributed by atoms with Gasteiger partial charge in [0.05, 0.1) is 11.1 Å². The Morgan fingerprint density at radius 3 is 1.93 bits per heavy atom. The van der Waals surface area contributed by atoms with E-state index in [1.807, 2.05) is 0 Å². The van der Waals surface area contributed by atoms with Gasteiger partial charge < -0.3 is 29.5 Å². The second-order valence-electron chi connectivity index (χ2n) is 6.34. The molecule has 0 aromatic heterocycles. The summed E-state index contributed by atoms with van der Waals surface area (Å²) in [5.74, 6) is -3.69. The number of rotatable bonds is 6. The van der Waals surface area contributed by atoms with Crippen LogP contribution in [0.5, 0.6) is 0 Å². The van der Waals surface area contributed by atoms with Gasteiger partial charge in [-0.2, -0.15) is 0 Å². The summed E-state index contributed by atoms with van der Waals surface area (Å²) < 4.78 is 15.3. The lowest BCUT2D eigenvalue weighted by atomic mass is 10.1. The Morgan fingerprint density at radius 1 is 0.893 bits per heavy atom. The van der Waals surface area contributed by atoms with Crippen molar-refractivity contribution >= 4 is 11.9 Å². The molecule has 2 aromatic carbocycles. The molecule has 1 aliphatic heterocycles. The lowest BCUT2D eigenvalue weighted by Gasteiger charge is -2.25. The van der Waals surface area contributed by atoms with E-state index in [1.165, 1.54) is 12.1 Å². The van der Waals surface area contributed by atoms with Gasteiger partial charge >= 0.3 is 11.9 Å². The molecular formula is C20H20O8. The third-order valence-corrected chi connectivity index (χ3v) is 4.33. The Kier molecular flexibility index (Phi) is 6.05. The highest BCUT2D eigenvalue weighted by molar-refractivity contribution is 5.89. The van der Waals surface area contributed by atoms with Crippen molar-refractivity contribution in [1.82, 2.24) is 0 Å². The largest absolute Gasteiger partial charge is 0.459 e. The molecule has 8 heteroatoms. The molecule has 4 atom stereocenters. The number of hydrogen-bond donors (Lipinski definition) is 3. The summed E-state index contributed by atoms with van der Waals surface area (Å²) in [4.78, 5) is 24.0. The second kappa shape index (κ2) is 8.49. The highest BCUT2D eigenvalue weighted by atomic mass is 16.7. The molecular weight excluding hydrogens is 368 g/mol. The SMILES string of the molecule is O=C(OC[C@H]1OC(O)(COC(=O)c2ccccc2)[C@@H](O)[C@@H]1O)c1ccccc1. The number of ether oxygens (including phenoxy) is 3. The molecule has 0 aliphatic carbocycles. The van der Waals surface area contributed by atoms with E-state index in [2.05, 4.69) is 0 Å². The topological polar surface area (TPSA) is 123 Å². The van der Waals surface area contributed by atoms with Crippen LogP contribution < -0.4 is 0 Å². The summed E-state index contributed by atoms with van der Waals surface area (Å²) in [5.41, 5.74) is 0.565. The highest BCUT2D eigenvalue weighted by Crippen LogP contribution is 2.30. The standard InChI is InChI=1S/C20H20O8/c21-16-15(11-26-18(23)13-7-3-1-4-8-13)28-20(25,17(16)22)12-27-19(24)14-9-5-2-6-10-14/h1-10,15-17,21-22,25H,11-12H2/t15-,16-,17+,20?/m1/s1. The van der Waals surface area contributed by atoms with E-state index < -0.39 is 49.3 Å². The number of carbonyl (C=O) groups is 2. The van der Waals surface area contributed by atoms with Gasteiger partial charge in [0.2, 0.25) is 5.79 Å². The van der Waals surface area contributed by atoms with Crippen LogP contribution in [0.1, 0.15) is 20.7 Å². The van der Waals surface area contributed by atoms with Gasteiger partial charge in [-0.15, -0.1) is 0 Å². The molecule has 1 aliphatic rings. The molecule has 0 spiro atoms. The van der Waals surface area contributed by atoms with E-state index in [9.17, 15) is 24.9 Å². The zero-order valence-corrected chi connectivity index (χ0v) is 14.8. The minimum atomic E-state index is -2.33. The molecule has 28 heavy (non-hydrogen) atoms. The molecule has 1 saturated heterocycles. The predicted octanol–water partition coefficient (Wildman–Crippen LogP) is 0.510. The van der Waals surface area contributed by atoms with Crippen molar-refractivity contribution in [2.24, 2.45) is 0 Å². The van der Waals surface area contributed by atoms with Crippen LogP contribution in [-0.2, 0) is 14.2 Å². The molecule has 1 unspecified atom stereocenters. The molecule has 8 nitrogen and oxygen atoms in total. The van der Waals surface area contributed by atoms with Gasteiger partial charge in [-0.25, -0.2) is 9.59 Å². The summed E-state index contributed by atoms with van der Waals surface area (Å²) in [6.45, 7) is -1.11. The number of hydrogen-bond acceptors (Lipinski definition) is 8. The number of esters is 2. The Morgan fingerprint density at radius 2 is 1.39 bits per heavy atom. The van der Waals surface area contributed by atoms with Gasteiger partial charge in [0, 0.05) is 0 Å². The summed E-state index contributed by atoms with van der Waals surface area (Å²) in [6.07, 6.45) is -4.48. The third kappa shape index (κ3) is 4.37. The zero-order chi connectivity index (χ0) is 20.1. The fourth-order valence-electron chi connectivity index (χ4n) is 2.77. The molecule has 1 fully saturated rings. The number of carbonyl (C=O) groups excluding carboxylic acids is 2. The van der Waals surface area contributed by atoms with Gasteiger partial charge in [-0.1, -0.05) is 36.4 Å². The Balaban J connectivity index is 1.56. The maximum absolute atomic E-state index is 12.0. The second-order valence-corrected chi connectivity index (χ2v) is 6.34. The average molecular weight is 388 g/mol. The lowest BCUT2D eigenvalue weighted by molar-refractivity contribution is -0.247. The number of benzene rings is 2. The van der Waals surface area contributed by atoms with Crippen molar-refractivity contribution in [3.8, 4) is 0 Å². The van der Waals surface area contributed by atoms with E-state index in [0.717, 1.165) is 0 Å². The maximum atomic E-state index is 12.0. The Hall–Kier alpha value is -2.78. The third-order valence-electron chi connectivity index (χ3n) is 4.33. The van der Waals surface area contributed by atoms with Crippen LogP contribution in [0.4, 0.5) is 0 Å². The van der Waals surface area contributed by atoms with Crippen LogP contribution in [0.3, 0.4) is 0 Å². The monoisotopic (exact) mass is 388 g/mol. The zero-order valence-electron chi connectivity index (χ0n) is 14.8. The molecule has 1 heterocycles. The Labute approximate surface area is 160 Å². The lowest BCUT2D eigenvalue weighted by Crippen LogP contribution is -2.47. The van der Waals surface area contributed by atoms with E-state index in [4.69, 9.17) is 14.2 Å². The van der Waals surface area contributed by atoms with E-state index >= 15 is 0 Å². The van der Waals surface area contributed by atoms with Gasteiger partial charge in [0.15, 0.2) is 0 Å². The minimum absolute atomic E-state index is 0.257. The summed E-state index contributed by atoms with van der Waals surface area (Å²) >= 11 is 0. The fourth-order valence-corrected chi connectivity index (χ4v) is 2.77. The van der Waals surface area contributed by atoms with Crippen molar-refractivity contribution in [3.05, 3.63) is 71.8 Å². The van der Waals surface area contributed by atoms with E-state index in [1.54, 1.807) is 48.5 Å². The van der Waals surface area contributed by atoms with E-state index in [0.29, 0.717) is 5.56 Å². The van der Waals surface area contributed by atoms with Gasteiger partial charge in [0.1, 0.15) is 31.5 Å². The molecule has 2 aromatic rings. The van der Waals surface area contributed by atoms with Gasteiger partial charge in [-0.3, -0.25) is 0 Å². The van der Waals surface area contributed by atoms with E-state index in [-0.39, 0.29) is 5.56 Å². The molecule has 3 N–H and O–H groups in total. The fraction of sp³-hybridized carbons (Fsp3) is 0.300. The van der Waals surface area contributed by atoms with Crippen LogP contribution in [0, 0.1) is 0 Å². The Bertz CT molecular complexity index is 809. The molecule has 0 amide bonds. The van der Waals surface area contributed by atoms with Gasteiger partial charge in [0.25, 0.3) is 0 Å². The van der Waals surface area contributed by atoms with Crippen molar-refractivity contribution < 1.29 is 39.1 Å². The summed E-state index contributed by atoms with van der Waals surface area (Å²) in [5, 5.41) is 30.6. The van der Waals surface area contributed by atoms with Crippen LogP contribution in [0.2, 0.25) is 0 Å². The molecule has 0 radical (unpaired) electrons. The number of aliphatic hydroxyl groups is 3.